The number of nitrogens with one attached hydrogen (secondary N) is 1. The number of rotatable bonds is 3. The topological polar surface area (TPSA) is 47.6 Å². The van der Waals surface area contributed by atoms with Crippen LogP contribution in [0, 0.1) is 11.7 Å². The van der Waals surface area contributed by atoms with Crippen molar-refractivity contribution in [1.82, 2.24) is 0 Å². The Balaban J connectivity index is 1.69. The van der Waals surface area contributed by atoms with E-state index in [2.05, 4.69) is 10.1 Å². The van der Waals surface area contributed by atoms with E-state index in [-0.39, 0.29) is 12.3 Å². The van der Waals surface area contributed by atoms with Crippen molar-refractivity contribution < 1.29 is 31.8 Å². The second-order valence-electron chi connectivity index (χ2n) is 9.08. The summed E-state index contributed by atoms with van der Waals surface area (Å²) < 4.78 is 62.7. The zero-order valence-electron chi connectivity index (χ0n) is 18.4. The molecule has 0 saturated carbocycles. The van der Waals surface area contributed by atoms with Crippen LogP contribution in [0.5, 0.6) is 11.5 Å². The lowest BCUT2D eigenvalue weighted by atomic mass is 9.58. The Kier molecular flexibility index (Phi) is 4.90. The first-order chi connectivity index (χ1) is 16.0. The van der Waals surface area contributed by atoms with Crippen molar-refractivity contribution in [2.45, 2.75) is 37.6 Å². The van der Waals surface area contributed by atoms with Crippen LogP contribution in [0.4, 0.5) is 23.2 Å². The van der Waals surface area contributed by atoms with Gasteiger partial charge in [-0.05, 0) is 55.7 Å². The summed E-state index contributed by atoms with van der Waals surface area (Å²) in [6.07, 6.45) is -4.89. The summed E-state index contributed by atoms with van der Waals surface area (Å²) in [5.74, 6) is -2.25. The maximum absolute atomic E-state index is 14.1. The van der Waals surface area contributed by atoms with E-state index >= 15 is 0 Å². The number of alkyl halides is 3. The third-order valence-corrected chi connectivity index (χ3v) is 6.67. The molecule has 3 aromatic rings. The Morgan fingerprint density at radius 1 is 1.00 bits per heavy atom. The lowest BCUT2D eigenvalue weighted by Crippen LogP contribution is -2.58. The first-order valence-corrected chi connectivity index (χ1v) is 10.8. The van der Waals surface area contributed by atoms with Crippen LogP contribution in [0.1, 0.15) is 30.5 Å². The molecule has 34 heavy (non-hydrogen) atoms. The van der Waals surface area contributed by atoms with Gasteiger partial charge in [0.15, 0.2) is 11.6 Å². The maximum Gasteiger partial charge on any atom is 0.573 e. The quantitative estimate of drug-likeness (QED) is 0.477. The molecule has 0 fully saturated rings. The van der Waals surface area contributed by atoms with Crippen LogP contribution < -0.4 is 14.8 Å². The van der Waals surface area contributed by atoms with E-state index in [1.54, 1.807) is 6.07 Å². The third-order valence-electron chi connectivity index (χ3n) is 6.67. The number of fused-ring (bicyclic) bond motifs is 4. The molecular formula is C26H21F4NO3. The summed E-state index contributed by atoms with van der Waals surface area (Å²) in [6.45, 7) is 3.69. The summed E-state index contributed by atoms with van der Waals surface area (Å²) in [5.41, 5.74) is 0.443. The van der Waals surface area contributed by atoms with Gasteiger partial charge in [-0.2, -0.15) is 0 Å². The number of anilines is 1. The first-order valence-electron chi connectivity index (χ1n) is 10.8. The molecule has 1 spiro atoms. The lowest BCUT2D eigenvalue weighted by molar-refractivity contribution is -0.275. The Morgan fingerprint density at radius 2 is 1.68 bits per heavy atom. The summed E-state index contributed by atoms with van der Waals surface area (Å²) in [7, 11) is 0. The third kappa shape index (κ3) is 3.40. The average molecular weight is 471 g/mol. The number of hydrogen-bond acceptors (Lipinski definition) is 3. The van der Waals surface area contributed by atoms with Crippen molar-refractivity contribution in [1.29, 1.82) is 0 Å². The van der Waals surface area contributed by atoms with Crippen molar-refractivity contribution in [3.63, 3.8) is 0 Å². The van der Waals surface area contributed by atoms with Gasteiger partial charge >= 0.3 is 6.36 Å². The van der Waals surface area contributed by atoms with Crippen molar-refractivity contribution in [2.75, 3.05) is 5.32 Å². The van der Waals surface area contributed by atoms with Crippen LogP contribution in [0.15, 0.2) is 66.7 Å². The van der Waals surface area contributed by atoms with Crippen LogP contribution in [0.25, 0.3) is 0 Å². The minimum Gasteiger partial charge on any atom is -0.487 e. The van der Waals surface area contributed by atoms with E-state index in [4.69, 9.17) is 4.74 Å². The number of para-hydroxylation sites is 2. The van der Waals surface area contributed by atoms with Gasteiger partial charge in [-0.1, -0.05) is 42.5 Å². The predicted molar refractivity (Wildman–Crippen MR) is 117 cm³/mol. The molecule has 2 unspecified atom stereocenters. The zero-order chi connectivity index (χ0) is 24.3. The van der Waals surface area contributed by atoms with E-state index in [0.717, 1.165) is 17.7 Å². The van der Waals surface area contributed by atoms with E-state index in [0.29, 0.717) is 22.6 Å². The fraction of sp³-hybridized carbons (Fsp3) is 0.269. The predicted octanol–water partition coefficient (Wildman–Crippen LogP) is 5.99. The summed E-state index contributed by atoms with van der Waals surface area (Å²) >= 11 is 0. The van der Waals surface area contributed by atoms with E-state index in [1.807, 2.05) is 56.3 Å². The van der Waals surface area contributed by atoms with Gasteiger partial charge in [0.1, 0.15) is 16.8 Å². The maximum atomic E-state index is 14.1. The molecule has 1 N–H and O–H groups in total. The molecule has 0 aliphatic carbocycles. The Hall–Kier alpha value is -3.55. The van der Waals surface area contributed by atoms with Crippen LogP contribution in [0.2, 0.25) is 0 Å². The Bertz CT molecular complexity index is 1290. The fourth-order valence-corrected chi connectivity index (χ4v) is 5.35. The molecule has 1 amide bonds. The molecule has 2 heterocycles. The molecular weight excluding hydrogens is 450 g/mol. The normalized spacial score (nSPS) is 22.5. The van der Waals surface area contributed by atoms with E-state index in [1.165, 1.54) is 6.07 Å². The molecule has 0 saturated heterocycles. The molecule has 5 rings (SSSR count). The van der Waals surface area contributed by atoms with Crippen LogP contribution in [0.3, 0.4) is 0 Å². The SMILES string of the molecule is CC1(C)Oc2ccccc2C2(C(=O)Nc3ccccc32)C1Cc1ccc(F)c(OC(F)(F)F)c1. The molecule has 0 bridgehead atoms. The number of halogens is 4. The van der Waals surface area contributed by atoms with Gasteiger partial charge in [-0.3, -0.25) is 4.79 Å². The lowest BCUT2D eigenvalue weighted by Gasteiger charge is -2.50. The molecule has 0 aromatic heterocycles. The van der Waals surface area contributed by atoms with E-state index in [9.17, 15) is 22.4 Å². The highest BCUT2D eigenvalue weighted by atomic mass is 19.4. The number of benzene rings is 3. The van der Waals surface area contributed by atoms with Crippen molar-refractivity contribution in [3.05, 3.63) is 89.2 Å². The number of carbonyl (C=O) groups is 1. The molecule has 176 valence electrons. The number of ether oxygens (including phenoxy) is 2. The minimum absolute atomic E-state index is 0.136. The summed E-state index contributed by atoms with van der Waals surface area (Å²) in [4.78, 5) is 13.8. The van der Waals surface area contributed by atoms with Gasteiger partial charge in [0.05, 0.1) is 0 Å². The van der Waals surface area contributed by atoms with Crippen molar-refractivity contribution in [3.8, 4) is 11.5 Å². The van der Waals surface area contributed by atoms with Gasteiger partial charge in [0, 0.05) is 17.2 Å². The molecule has 2 aliphatic heterocycles. The highest BCUT2D eigenvalue weighted by Gasteiger charge is 2.62. The monoisotopic (exact) mass is 471 g/mol. The van der Waals surface area contributed by atoms with Crippen molar-refractivity contribution in [2.24, 2.45) is 5.92 Å². The molecule has 4 nitrogen and oxygen atoms in total. The fourth-order valence-electron chi connectivity index (χ4n) is 5.35. The smallest absolute Gasteiger partial charge is 0.487 e. The number of hydrogen-bond donors (Lipinski definition) is 1. The van der Waals surface area contributed by atoms with Gasteiger partial charge in [0.25, 0.3) is 0 Å². The van der Waals surface area contributed by atoms with Crippen LogP contribution in [-0.4, -0.2) is 17.9 Å². The molecule has 2 atom stereocenters. The zero-order valence-corrected chi connectivity index (χ0v) is 18.4. The molecule has 3 aromatic carbocycles. The molecule has 0 radical (unpaired) electrons. The number of amides is 1. The Labute approximate surface area is 193 Å². The Morgan fingerprint density at radius 3 is 2.41 bits per heavy atom. The highest BCUT2D eigenvalue weighted by Crippen LogP contribution is 2.57. The second kappa shape index (κ2) is 7.48. The van der Waals surface area contributed by atoms with E-state index < -0.39 is 34.9 Å². The number of carbonyl (C=O) groups excluding carboxylic acids is 1. The standard InChI is InChI=1S/C26H21F4NO3/c1-24(2)22(14-15-11-12-18(27)21(13-15)34-26(28,29)30)25(17-8-4-6-10-20(17)33-24)16-7-3-5-9-19(16)31-23(25)32/h3-13,22H,14H2,1-2H3,(H,31,32). The van der Waals surface area contributed by atoms with Crippen molar-refractivity contribution >= 4 is 11.6 Å². The van der Waals surface area contributed by atoms with Gasteiger partial charge in [0.2, 0.25) is 5.91 Å². The largest absolute Gasteiger partial charge is 0.573 e. The summed E-state index contributed by atoms with van der Waals surface area (Å²) in [5, 5.41) is 2.98. The summed E-state index contributed by atoms with van der Waals surface area (Å²) in [6, 6.07) is 18.0. The average Bonchev–Trinajstić information content (AvgIpc) is 3.04. The molecule has 2 aliphatic rings. The highest BCUT2D eigenvalue weighted by molar-refractivity contribution is 6.09. The van der Waals surface area contributed by atoms with Gasteiger partial charge in [-0.15, -0.1) is 13.2 Å². The molecule has 8 heteroatoms. The second-order valence-corrected chi connectivity index (χ2v) is 9.08. The van der Waals surface area contributed by atoms with Crippen LogP contribution in [-0.2, 0) is 16.6 Å². The van der Waals surface area contributed by atoms with Crippen LogP contribution >= 0.6 is 0 Å². The van der Waals surface area contributed by atoms with Gasteiger partial charge < -0.3 is 14.8 Å². The van der Waals surface area contributed by atoms with Gasteiger partial charge in [-0.25, -0.2) is 4.39 Å². The minimum atomic E-state index is -5.03. The first kappa shape index (κ1) is 22.3.